The molecule has 2 aromatic carbocycles. The number of nitrogens with one attached hydrogen (secondary N) is 1. The Labute approximate surface area is 777 Å². The Bertz CT molecular complexity index is 4200. The fourth-order valence-electron chi connectivity index (χ4n) is 12.3. The molecule has 9 rings (SSSR count). The summed E-state index contributed by atoms with van der Waals surface area (Å²) in [7, 11) is 1.68. The molecule has 2 atom stereocenters. The zero-order valence-electron chi connectivity index (χ0n) is 85.0. The number of thiazole rings is 4. The summed E-state index contributed by atoms with van der Waals surface area (Å²) < 4.78 is 15.4. The molecule has 0 bridgehead atoms. The molecule has 15 nitrogen and oxygen atoms in total. The molecule has 19 heteroatoms. The Hall–Kier alpha value is -7.19. The number of hydrogen-bond acceptors (Lipinski definition) is 18. The number of carbonyl (C=O) groups is 3. The van der Waals surface area contributed by atoms with E-state index in [4.69, 9.17) is 13.7 Å². The first-order chi connectivity index (χ1) is 58.4. The predicted octanol–water partition coefficient (Wildman–Crippen LogP) is 31.0. The van der Waals surface area contributed by atoms with Crippen LogP contribution in [0.2, 0.25) is 0 Å². The molecule has 700 valence electrons. The van der Waals surface area contributed by atoms with Gasteiger partial charge < -0.3 is 19.0 Å². The number of oxazole rings is 1. The molecule has 0 aliphatic heterocycles. The number of carbonyl (C=O) groups excluding carboxylic acids is 3. The molecule has 7 heterocycles. The van der Waals surface area contributed by atoms with Gasteiger partial charge in [-0.05, 0) is 149 Å². The number of nitrogens with zero attached hydrogens (tertiary/aromatic N) is 8. The summed E-state index contributed by atoms with van der Waals surface area (Å²) >= 11 is 7.19. The van der Waals surface area contributed by atoms with Crippen LogP contribution in [0.1, 0.15) is 434 Å². The lowest BCUT2D eigenvalue weighted by molar-refractivity contribution is -0.143. The van der Waals surface area contributed by atoms with E-state index < -0.39 is 0 Å². The van der Waals surface area contributed by atoms with Crippen LogP contribution in [0, 0.1) is 60.2 Å². The van der Waals surface area contributed by atoms with Crippen molar-refractivity contribution in [1.82, 2.24) is 45.4 Å². The quantitative estimate of drug-likeness (QED) is 0.0231. The molecule has 125 heavy (non-hydrogen) atoms. The standard InChI is InChI=1S/C15H23NO2S.C13H22N2OS.C13H18O.C13H20.C12H19N.C11H19NS.C10H17NO.C10H17NS.C9H16N2O/c1-6-7-18-14(17)8-12(10(2)3)15-16-9-13(19-15)11(4)5;1-8(2)10(6-12(16)14-5)13-15-7-11(17-13)9(3)4;1-9(2)11-6-5-7-12(8-11)13(14)10(3)4;1-10(2)8-12-6-5-7-13(9-12)11(3)4;1-9(2)5-11-6-12(10(3)4)8-13-7-11;1-7(2)6-10-12-9(5)11(13-10)8(3)4;1-7(2)5-9-6-12-10(11-9)8(3)4;1-7(2)5-10-11-6-9(12-10)8(3)4;1-6(2)5-8-10-9(7(3)4)12-11-8/h6,9-12H,1,7-8H2,2-5H3;7-10H,6H2,1-5H3,(H,14,16);5-10H,1-4H3;5-7,9-11H,8H2,1-4H3;6-10H,5H2,1-4H3;7-8H,6H2,1-5H3;2*6-8H,5H2,1-4H3;6-7H,5H2,1-4H3. The van der Waals surface area contributed by atoms with E-state index in [9.17, 15) is 14.4 Å². The molecule has 0 saturated heterocycles. The third kappa shape index (κ3) is 48.7. The molecule has 7 aromatic heterocycles. The van der Waals surface area contributed by atoms with E-state index >= 15 is 0 Å². The monoisotopic (exact) mass is 1790 g/mol. The second-order valence-corrected chi connectivity index (χ2v) is 43.8. The van der Waals surface area contributed by atoms with Crippen molar-refractivity contribution < 1.29 is 28.1 Å². The number of Topliss-reactive ketones (excluding diaryl/α,β-unsaturated/α-hetero) is 1. The molecular weight excluding hydrogens is 1620 g/mol. The zero-order chi connectivity index (χ0) is 95.2. The normalized spacial score (nSPS) is 11.8. The highest BCUT2D eigenvalue weighted by molar-refractivity contribution is 7.12. The molecule has 1 amide bonds. The molecule has 0 fully saturated rings. The summed E-state index contributed by atoms with van der Waals surface area (Å²) in [4.78, 5) is 71.3. The summed E-state index contributed by atoms with van der Waals surface area (Å²) in [5.74, 6) is 12.6. The Morgan fingerprint density at radius 1 is 0.448 bits per heavy atom. The van der Waals surface area contributed by atoms with Crippen molar-refractivity contribution in [3.8, 4) is 0 Å². The summed E-state index contributed by atoms with van der Waals surface area (Å²) in [6, 6.07) is 19.2. The van der Waals surface area contributed by atoms with Gasteiger partial charge in [-0.2, -0.15) is 4.98 Å². The Morgan fingerprint density at radius 2 is 0.912 bits per heavy atom. The van der Waals surface area contributed by atoms with Gasteiger partial charge in [0.25, 0.3) is 0 Å². The van der Waals surface area contributed by atoms with Gasteiger partial charge in [-0.15, -0.1) is 45.3 Å². The van der Waals surface area contributed by atoms with Gasteiger partial charge in [0.05, 0.1) is 37.8 Å². The maximum absolute atomic E-state index is 11.7. The largest absolute Gasteiger partial charge is 0.461 e. The van der Waals surface area contributed by atoms with Crippen molar-refractivity contribution in [3.05, 3.63) is 206 Å². The van der Waals surface area contributed by atoms with Crippen molar-refractivity contribution in [2.75, 3.05) is 13.7 Å². The first-order valence-corrected chi connectivity index (χ1v) is 49.9. The van der Waals surface area contributed by atoms with Gasteiger partial charge in [-0.3, -0.25) is 19.4 Å². The van der Waals surface area contributed by atoms with Crippen LogP contribution in [0.4, 0.5) is 0 Å². The van der Waals surface area contributed by atoms with Crippen molar-refractivity contribution in [1.29, 1.82) is 0 Å². The Balaban J connectivity index is 0.000000706. The number of amides is 1. The number of aryl methyl sites for hydroxylation is 1. The van der Waals surface area contributed by atoms with Crippen LogP contribution in [0.5, 0.6) is 0 Å². The average Bonchev–Trinajstić information content (AvgIpc) is 1.60. The van der Waals surface area contributed by atoms with Crippen LogP contribution in [-0.2, 0) is 52.9 Å². The molecule has 0 radical (unpaired) electrons. The van der Waals surface area contributed by atoms with Gasteiger partial charge in [0.15, 0.2) is 17.5 Å². The van der Waals surface area contributed by atoms with Crippen LogP contribution in [0.15, 0.2) is 113 Å². The smallest absolute Gasteiger partial charge is 0.306 e. The van der Waals surface area contributed by atoms with E-state index in [1.807, 2.05) is 99.6 Å². The zero-order valence-corrected chi connectivity index (χ0v) is 88.3. The molecule has 1 N–H and O–H groups in total. The fraction of sp³-hybridized carbons (Fsp3) is 0.632. The van der Waals surface area contributed by atoms with Gasteiger partial charge in [0, 0.05) is 118 Å². The van der Waals surface area contributed by atoms with E-state index in [0.29, 0.717) is 102 Å². The number of pyridine rings is 1. The van der Waals surface area contributed by atoms with Gasteiger partial charge in [-0.1, -0.05) is 316 Å². The Morgan fingerprint density at radius 3 is 1.33 bits per heavy atom. The van der Waals surface area contributed by atoms with E-state index in [1.165, 1.54) is 69.5 Å². The maximum Gasteiger partial charge on any atom is 0.306 e. The molecule has 0 saturated carbocycles. The van der Waals surface area contributed by atoms with Crippen molar-refractivity contribution in [3.63, 3.8) is 0 Å². The van der Waals surface area contributed by atoms with Gasteiger partial charge in [-0.25, -0.2) is 24.9 Å². The SMILES string of the molecule is C=CCOC(=O)CC(c1ncc(C(C)C)s1)C(C)C.CC(C)C(=O)c1cccc(C(C)C)c1.CC(C)Cc1cccc(C(C)C)c1.CC(C)Cc1cncc(C(C)C)c1.CC(C)Cc1coc(C(C)C)n1.CC(C)Cc1ncc(C(C)C)s1.CC(C)Cc1noc(C(C)C)n1.CNC(=O)CC(c1ncc(C(C)C)s1)C(C)C.Cc1nc(CC(C)C)sc1C(C)C. The van der Waals surface area contributed by atoms with Gasteiger partial charge >= 0.3 is 5.97 Å². The second-order valence-electron chi connectivity index (χ2n) is 39.4. The first kappa shape index (κ1) is 116. The third-order valence-electron chi connectivity index (χ3n) is 19.6. The summed E-state index contributed by atoms with van der Waals surface area (Å²) in [6.07, 6.45) is 20.6. The highest BCUT2D eigenvalue weighted by Crippen LogP contribution is 2.36. The van der Waals surface area contributed by atoms with Crippen LogP contribution in [-0.4, -0.2) is 71.4 Å². The molecule has 0 spiro atoms. The van der Waals surface area contributed by atoms with Crippen molar-refractivity contribution in [2.45, 2.75) is 373 Å². The second kappa shape index (κ2) is 61.3. The number of hydrogen-bond donors (Lipinski definition) is 1. The van der Waals surface area contributed by atoms with Gasteiger partial charge in [0.2, 0.25) is 11.8 Å². The van der Waals surface area contributed by atoms with E-state index in [0.717, 1.165) is 82.8 Å². The van der Waals surface area contributed by atoms with E-state index in [-0.39, 0.29) is 42.0 Å². The lowest BCUT2D eigenvalue weighted by Gasteiger charge is -2.17. The molecule has 0 aliphatic carbocycles. The van der Waals surface area contributed by atoms with Crippen molar-refractivity contribution >= 4 is 63.0 Å². The fourth-order valence-corrected chi connectivity index (χ4v) is 17.1. The minimum atomic E-state index is -0.181. The first-order valence-electron chi connectivity index (χ1n) is 46.6. The lowest BCUT2D eigenvalue weighted by Crippen LogP contribution is -2.22. The van der Waals surface area contributed by atoms with Crippen LogP contribution in [0.3, 0.4) is 0 Å². The van der Waals surface area contributed by atoms with Crippen LogP contribution in [0.25, 0.3) is 0 Å². The lowest BCUT2D eigenvalue weighted by atomic mass is 9.93. The van der Waals surface area contributed by atoms with Gasteiger partial charge in [0.1, 0.15) is 12.9 Å². The summed E-state index contributed by atoms with van der Waals surface area (Å²) in [5.41, 5.74) is 10.0. The van der Waals surface area contributed by atoms with Crippen molar-refractivity contribution in [2.24, 2.45) is 53.3 Å². The maximum atomic E-state index is 11.7. The average molecular weight is 1800 g/mol. The summed E-state index contributed by atoms with van der Waals surface area (Å²) in [5, 5.41) is 11.3. The highest BCUT2D eigenvalue weighted by atomic mass is 32.1. The van der Waals surface area contributed by atoms with E-state index in [1.54, 1.807) is 42.1 Å². The predicted molar refractivity (Wildman–Crippen MR) is 538 cm³/mol. The number of rotatable bonds is 33. The summed E-state index contributed by atoms with van der Waals surface area (Å²) in [6.45, 7) is 83.9. The third-order valence-corrected chi connectivity index (χ3v) is 25.3. The number of esters is 1. The number of ether oxygens (including phenoxy) is 1. The van der Waals surface area contributed by atoms with E-state index in [2.05, 4.69) is 317 Å². The number of ketones is 1. The topological polar surface area (TPSA) is 202 Å². The minimum Gasteiger partial charge on any atom is -0.461 e. The molecule has 2 unspecified atom stereocenters. The van der Waals surface area contributed by atoms with Crippen LogP contribution < -0.4 is 5.32 Å². The molecular formula is C106H171N9O6S4. The number of aromatic nitrogens is 8. The number of benzene rings is 2. The Kier molecular flexibility index (Phi) is 56.8. The molecule has 0 aliphatic rings. The highest BCUT2D eigenvalue weighted by Gasteiger charge is 2.26. The minimum absolute atomic E-state index is 0.0809. The van der Waals surface area contributed by atoms with Crippen LogP contribution >= 0.6 is 45.3 Å². The molecule has 9 aromatic rings.